The predicted octanol–water partition coefficient (Wildman–Crippen LogP) is 2.29. The molecule has 0 bridgehead atoms. The second-order valence-corrected chi connectivity index (χ2v) is 5.27. The number of anilines is 1. The molecule has 17 heavy (non-hydrogen) atoms. The number of aromatic nitrogens is 1. The molecule has 3 rings (SSSR count). The Hall–Kier alpha value is -1.03. The normalized spacial score (nSPS) is 29.1. The molecule has 0 radical (unpaired) electrons. The molecule has 1 saturated heterocycles. The third-order valence-corrected chi connectivity index (χ3v) is 4.24. The molecule has 2 aliphatic rings. The standard InChI is InChI=1S/C13H21N3O/c14-8-11-9-17-13(15-11)16-7-3-5-10-4-1-2-6-12(10)16/h9-10,12H,1-8,14H2/t10-,12-/m1/s1. The summed E-state index contributed by atoms with van der Waals surface area (Å²) in [4.78, 5) is 6.86. The van der Waals surface area contributed by atoms with E-state index in [0.29, 0.717) is 12.6 Å². The molecule has 0 spiro atoms. The molecule has 1 aliphatic carbocycles. The molecule has 0 unspecified atom stereocenters. The summed E-state index contributed by atoms with van der Waals surface area (Å²) in [5.41, 5.74) is 6.44. The maximum atomic E-state index is 5.58. The van der Waals surface area contributed by atoms with Crippen molar-refractivity contribution in [2.45, 2.75) is 51.1 Å². The summed E-state index contributed by atoms with van der Waals surface area (Å²) in [5, 5.41) is 0. The number of rotatable bonds is 2. The zero-order chi connectivity index (χ0) is 11.7. The van der Waals surface area contributed by atoms with E-state index < -0.39 is 0 Å². The average molecular weight is 235 g/mol. The number of hydrogen-bond donors (Lipinski definition) is 1. The lowest BCUT2D eigenvalue weighted by atomic mass is 9.78. The lowest BCUT2D eigenvalue weighted by Crippen LogP contribution is -2.47. The summed E-state index contributed by atoms with van der Waals surface area (Å²) >= 11 is 0. The summed E-state index contributed by atoms with van der Waals surface area (Å²) in [6.07, 6.45) is 9.77. The van der Waals surface area contributed by atoms with Gasteiger partial charge in [0.25, 0.3) is 6.01 Å². The van der Waals surface area contributed by atoms with E-state index in [1.807, 2.05) is 0 Å². The van der Waals surface area contributed by atoms with Gasteiger partial charge in [0.05, 0.1) is 5.69 Å². The van der Waals surface area contributed by atoms with Crippen molar-refractivity contribution in [2.24, 2.45) is 11.7 Å². The van der Waals surface area contributed by atoms with Crippen molar-refractivity contribution in [1.82, 2.24) is 4.98 Å². The zero-order valence-corrected chi connectivity index (χ0v) is 10.3. The van der Waals surface area contributed by atoms with Crippen LogP contribution in [0.25, 0.3) is 0 Å². The minimum absolute atomic E-state index is 0.464. The van der Waals surface area contributed by atoms with Gasteiger partial charge in [0.15, 0.2) is 0 Å². The molecular formula is C13H21N3O. The van der Waals surface area contributed by atoms with Crippen molar-refractivity contribution in [3.05, 3.63) is 12.0 Å². The SMILES string of the molecule is NCc1coc(N2CCC[C@H]3CCCC[C@H]32)n1. The van der Waals surface area contributed by atoms with Crippen LogP contribution in [0, 0.1) is 5.92 Å². The van der Waals surface area contributed by atoms with E-state index in [1.54, 1.807) is 6.26 Å². The van der Waals surface area contributed by atoms with E-state index in [0.717, 1.165) is 24.2 Å². The molecule has 0 aromatic carbocycles. The molecule has 4 nitrogen and oxygen atoms in total. The summed E-state index contributed by atoms with van der Waals surface area (Å²) in [6, 6.07) is 1.45. The van der Waals surface area contributed by atoms with Gasteiger partial charge in [-0.15, -0.1) is 0 Å². The third-order valence-electron chi connectivity index (χ3n) is 4.24. The molecule has 4 heteroatoms. The molecule has 0 amide bonds. The Balaban J connectivity index is 1.80. The van der Waals surface area contributed by atoms with Crippen LogP contribution in [0.4, 0.5) is 6.01 Å². The fourth-order valence-corrected chi connectivity index (χ4v) is 3.38. The maximum Gasteiger partial charge on any atom is 0.297 e. The molecule has 1 aliphatic heterocycles. The number of oxazole rings is 1. The van der Waals surface area contributed by atoms with E-state index >= 15 is 0 Å². The van der Waals surface area contributed by atoms with Crippen molar-refractivity contribution < 1.29 is 4.42 Å². The van der Waals surface area contributed by atoms with Gasteiger partial charge in [-0.05, 0) is 31.6 Å². The van der Waals surface area contributed by atoms with Crippen molar-refractivity contribution >= 4 is 6.01 Å². The van der Waals surface area contributed by atoms with E-state index in [9.17, 15) is 0 Å². The molecule has 94 valence electrons. The van der Waals surface area contributed by atoms with E-state index in [2.05, 4.69) is 9.88 Å². The molecule has 1 aromatic rings. The molecule has 2 atom stereocenters. The van der Waals surface area contributed by atoms with Gasteiger partial charge in [-0.1, -0.05) is 12.8 Å². The fourth-order valence-electron chi connectivity index (χ4n) is 3.38. The Labute approximate surface area is 102 Å². The monoisotopic (exact) mass is 235 g/mol. The minimum atomic E-state index is 0.464. The average Bonchev–Trinajstić information content (AvgIpc) is 2.87. The van der Waals surface area contributed by atoms with Crippen molar-refractivity contribution in [3.63, 3.8) is 0 Å². The van der Waals surface area contributed by atoms with E-state index in [4.69, 9.17) is 10.2 Å². The lowest BCUT2D eigenvalue weighted by Gasteiger charge is -2.43. The van der Waals surface area contributed by atoms with Gasteiger partial charge in [0.2, 0.25) is 0 Å². The smallest absolute Gasteiger partial charge is 0.297 e. The lowest BCUT2D eigenvalue weighted by molar-refractivity contribution is 0.235. The minimum Gasteiger partial charge on any atom is -0.432 e. The topological polar surface area (TPSA) is 55.3 Å². The van der Waals surface area contributed by atoms with Gasteiger partial charge < -0.3 is 15.1 Å². The van der Waals surface area contributed by atoms with Crippen LogP contribution in [0.2, 0.25) is 0 Å². The number of nitrogens with zero attached hydrogens (tertiary/aromatic N) is 2. The van der Waals surface area contributed by atoms with Gasteiger partial charge >= 0.3 is 0 Å². The number of hydrogen-bond acceptors (Lipinski definition) is 4. The van der Waals surface area contributed by atoms with Crippen LogP contribution in [0.5, 0.6) is 0 Å². The third kappa shape index (κ3) is 2.06. The quantitative estimate of drug-likeness (QED) is 0.854. The summed E-state index contributed by atoms with van der Waals surface area (Å²) < 4.78 is 5.58. The highest BCUT2D eigenvalue weighted by atomic mass is 16.4. The van der Waals surface area contributed by atoms with E-state index in [-0.39, 0.29) is 0 Å². The first-order chi connectivity index (χ1) is 8.38. The Morgan fingerprint density at radius 1 is 1.29 bits per heavy atom. The van der Waals surface area contributed by atoms with Crippen LogP contribution in [0.1, 0.15) is 44.2 Å². The van der Waals surface area contributed by atoms with Crippen LogP contribution in [-0.4, -0.2) is 17.6 Å². The summed E-state index contributed by atoms with van der Waals surface area (Å²) in [7, 11) is 0. The van der Waals surface area contributed by atoms with E-state index in [1.165, 1.54) is 38.5 Å². The molecular weight excluding hydrogens is 214 g/mol. The predicted molar refractivity (Wildman–Crippen MR) is 66.7 cm³/mol. The van der Waals surface area contributed by atoms with Crippen LogP contribution in [0.15, 0.2) is 10.7 Å². The fraction of sp³-hybridized carbons (Fsp3) is 0.769. The molecule has 1 saturated carbocycles. The van der Waals surface area contributed by atoms with Crippen molar-refractivity contribution in [3.8, 4) is 0 Å². The number of piperidine rings is 1. The van der Waals surface area contributed by atoms with Gasteiger partial charge in [-0.2, -0.15) is 4.98 Å². The molecule has 2 fully saturated rings. The van der Waals surface area contributed by atoms with Crippen LogP contribution < -0.4 is 10.6 Å². The highest BCUT2D eigenvalue weighted by Gasteiger charge is 2.35. The van der Waals surface area contributed by atoms with Crippen LogP contribution in [-0.2, 0) is 6.54 Å². The molecule has 2 heterocycles. The van der Waals surface area contributed by atoms with Gasteiger partial charge in [-0.3, -0.25) is 0 Å². The highest BCUT2D eigenvalue weighted by Crippen LogP contribution is 2.37. The maximum absolute atomic E-state index is 5.58. The first-order valence-electron chi connectivity index (χ1n) is 6.79. The first-order valence-corrected chi connectivity index (χ1v) is 6.79. The summed E-state index contributed by atoms with van der Waals surface area (Å²) in [6.45, 7) is 1.55. The van der Waals surface area contributed by atoms with Crippen molar-refractivity contribution in [1.29, 1.82) is 0 Å². The van der Waals surface area contributed by atoms with Gasteiger partial charge in [0.1, 0.15) is 6.26 Å². The number of fused-ring (bicyclic) bond motifs is 1. The second kappa shape index (κ2) is 4.69. The van der Waals surface area contributed by atoms with Crippen LogP contribution >= 0.6 is 0 Å². The Morgan fingerprint density at radius 3 is 2.94 bits per heavy atom. The Morgan fingerprint density at radius 2 is 2.12 bits per heavy atom. The van der Waals surface area contributed by atoms with Gasteiger partial charge in [0, 0.05) is 19.1 Å². The largest absolute Gasteiger partial charge is 0.432 e. The Kier molecular flexibility index (Phi) is 3.05. The zero-order valence-electron chi connectivity index (χ0n) is 10.3. The first kappa shape index (κ1) is 11.1. The van der Waals surface area contributed by atoms with Gasteiger partial charge in [-0.25, -0.2) is 0 Å². The van der Waals surface area contributed by atoms with Crippen molar-refractivity contribution in [2.75, 3.05) is 11.4 Å². The Bertz CT molecular complexity index is 374. The van der Waals surface area contributed by atoms with Crippen LogP contribution in [0.3, 0.4) is 0 Å². The number of nitrogens with two attached hydrogens (primary N) is 1. The molecule has 2 N–H and O–H groups in total. The highest BCUT2D eigenvalue weighted by molar-refractivity contribution is 5.31. The second-order valence-electron chi connectivity index (χ2n) is 5.27. The molecule has 1 aromatic heterocycles. The summed E-state index contributed by atoms with van der Waals surface area (Å²) in [5.74, 6) is 0.853.